The molecule has 0 atom stereocenters. The van der Waals surface area contributed by atoms with Crippen LogP contribution in [0.1, 0.15) is 36.0 Å². The Hall–Kier alpha value is -2.61. The monoisotopic (exact) mass is 401 g/mol. The third-order valence-corrected chi connectivity index (χ3v) is 5.51. The quantitative estimate of drug-likeness (QED) is 0.802. The lowest BCUT2D eigenvalue weighted by molar-refractivity contribution is 0.256. The van der Waals surface area contributed by atoms with Gasteiger partial charge in [0.2, 0.25) is 15.9 Å². The highest BCUT2D eigenvalue weighted by molar-refractivity contribution is 7.89. The Morgan fingerprint density at radius 1 is 1.25 bits per heavy atom. The second kappa shape index (κ2) is 7.09. The largest absolute Gasteiger partial charge is 0.474 e. The minimum Gasteiger partial charge on any atom is -0.474 e. The summed E-state index contributed by atoms with van der Waals surface area (Å²) in [4.78, 5) is 16.6. The van der Waals surface area contributed by atoms with E-state index in [1.54, 1.807) is 6.20 Å². The fourth-order valence-corrected chi connectivity index (χ4v) is 4.08. The number of nitrogens with one attached hydrogen (secondary N) is 2. The number of carbonyl (C=O) groups excluding carboxylic acids is 1. The van der Waals surface area contributed by atoms with E-state index < -0.39 is 16.1 Å². The zero-order chi connectivity index (χ0) is 19.9. The Labute approximate surface area is 164 Å². The number of carbonyl (C=O) groups is 1. The third-order valence-electron chi connectivity index (χ3n) is 4.95. The molecule has 4 rings (SSSR count). The van der Waals surface area contributed by atoms with Gasteiger partial charge in [0.15, 0.2) is 0 Å². The summed E-state index contributed by atoms with van der Waals surface area (Å²) in [5.41, 5.74) is 5.68. The number of ether oxygens (including phenoxy) is 1. The minimum absolute atomic E-state index is 0.238. The molecule has 7 nitrogen and oxygen atoms in total. The molecule has 2 aliphatic rings. The van der Waals surface area contributed by atoms with Crippen molar-refractivity contribution in [3.05, 3.63) is 41.1 Å². The molecule has 1 heterocycles. The number of urea groups is 1. The topological polar surface area (TPSA) is 97.4 Å². The van der Waals surface area contributed by atoms with Gasteiger partial charge in [0, 0.05) is 17.8 Å². The van der Waals surface area contributed by atoms with Crippen molar-refractivity contribution in [3.8, 4) is 17.0 Å². The minimum atomic E-state index is -3.65. The Morgan fingerprint density at radius 3 is 2.75 bits per heavy atom. The first kappa shape index (κ1) is 18.7. The third kappa shape index (κ3) is 4.11. The van der Waals surface area contributed by atoms with Crippen LogP contribution in [0.2, 0.25) is 0 Å². The van der Waals surface area contributed by atoms with Crippen LogP contribution < -0.4 is 14.8 Å². The van der Waals surface area contributed by atoms with E-state index in [0.717, 1.165) is 60.6 Å². The van der Waals surface area contributed by atoms with Gasteiger partial charge in [-0.05, 0) is 67.3 Å². The van der Waals surface area contributed by atoms with Crippen LogP contribution in [0.15, 0.2) is 24.4 Å². The van der Waals surface area contributed by atoms with Crippen molar-refractivity contribution in [2.24, 2.45) is 0 Å². The van der Waals surface area contributed by atoms with Crippen LogP contribution in [0.3, 0.4) is 0 Å². The summed E-state index contributed by atoms with van der Waals surface area (Å²) >= 11 is 0. The molecule has 1 saturated carbocycles. The molecule has 0 radical (unpaired) electrons. The maximum Gasteiger partial charge on any atom is 0.332 e. The highest BCUT2D eigenvalue weighted by Gasteiger charge is 2.26. The van der Waals surface area contributed by atoms with Crippen LogP contribution in [-0.4, -0.2) is 31.8 Å². The molecule has 0 aliphatic heterocycles. The lowest BCUT2D eigenvalue weighted by atomic mass is 9.93. The number of fused-ring (bicyclic) bond motifs is 1. The maximum absolute atomic E-state index is 12.3. The first-order chi connectivity index (χ1) is 13.3. The van der Waals surface area contributed by atoms with E-state index in [4.69, 9.17) is 4.74 Å². The number of aryl methyl sites for hydroxylation is 2. The maximum atomic E-state index is 12.3. The highest BCUT2D eigenvalue weighted by atomic mass is 32.2. The van der Waals surface area contributed by atoms with E-state index in [9.17, 15) is 13.2 Å². The van der Waals surface area contributed by atoms with Gasteiger partial charge in [0.1, 0.15) is 6.10 Å². The average Bonchev–Trinajstić information content (AvgIpc) is 3.27. The Balaban J connectivity index is 1.77. The molecule has 8 heteroatoms. The first-order valence-corrected chi connectivity index (χ1v) is 11.3. The van der Waals surface area contributed by atoms with E-state index in [-0.39, 0.29) is 6.10 Å². The fourth-order valence-electron chi connectivity index (χ4n) is 3.70. The Bertz CT molecular complexity index is 1050. The SMILES string of the molecule is Cc1cc2c(c(NC(=O)NS(C)(=O)=O)c1-c1ccnc(OC3CC3)c1)CCC2. The number of anilines is 1. The number of hydrogen-bond acceptors (Lipinski definition) is 5. The lowest BCUT2D eigenvalue weighted by Gasteiger charge is -2.19. The van der Waals surface area contributed by atoms with Crippen molar-refractivity contribution in [1.29, 1.82) is 0 Å². The molecule has 2 N–H and O–H groups in total. The molecular weight excluding hydrogens is 378 g/mol. The predicted octanol–water partition coefficient (Wildman–Crippen LogP) is 3.17. The van der Waals surface area contributed by atoms with Crippen molar-refractivity contribution < 1.29 is 17.9 Å². The van der Waals surface area contributed by atoms with Crippen LogP contribution >= 0.6 is 0 Å². The number of sulfonamides is 1. The molecule has 0 spiro atoms. The molecule has 2 aromatic rings. The summed E-state index contributed by atoms with van der Waals surface area (Å²) < 4.78 is 30.7. The molecule has 1 aromatic heterocycles. The van der Waals surface area contributed by atoms with Gasteiger partial charge in [-0.25, -0.2) is 22.9 Å². The number of aromatic nitrogens is 1. The molecule has 1 aromatic carbocycles. The summed E-state index contributed by atoms with van der Waals surface area (Å²) in [5, 5.41) is 2.79. The smallest absolute Gasteiger partial charge is 0.332 e. The van der Waals surface area contributed by atoms with Crippen molar-refractivity contribution in [1.82, 2.24) is 9.71 Å². The Kier molecular flexibility index (Phi) is 4.74. The van der Waals surface area contributed by atoms with Gasteiger partial charge in [-0.3, -0.25) is 0 Å². The van der Waals surface area contributed by atoms with E-state index in [0.29, 0.717) is 11.6 Å². The number of amides is 2. The van der Waals surface area contributed by atoms with E-state index in [1.165, 1.54) is 5.56 Å². The van der Waals surface area contributed by atoms with Crippen LogP contribution in [0, 0.1) is 6.92 Å². The molecule has 1 fully saturated rings. The molecule has 0 bridgehead atoms. The first-order valence-electron chi connectivity index (χ1n) is 9.37. The van der Waals surface area contributed by atoms with Gasteiger partial charge in [0.25, 0.3) is 0 Å². The molecule has 0 saturated heterocycles. The Morgan fingerprint density at radius 2 is 2.04 bits per heavy atom. The number of pyridine rings is 1. The summed E-state index contributed by atoms with van der Waals surface area (Å²) in [6, 6.07) is 5.15. The molecule has 2 aliphatic carbocycles. The van der Waals surface area contributed by atoms with Crippen molar-refractivity contribution in [3.63, 3.8) is 0 Å². The fraction of sp³-hybridized carbons (Fsp3) is 0.400. The van der Waals surface area contributed by atoms with E-state index in [1.807, 2.05) is 23.8 Å². The van der Waals surface area contributed by atoms with Crippen LogP contribution in [0.5, 0.6) is 5.88 Å². The number of benzene rings is 1. The molecule has 0 unspecified atom stereocenters. The molecule has 148 valence electrons. The standard InChI is InChI=1S/C20H23N3O4S/c1-12-10-13-4-3-5-16(13)19(22-20(24)23-28(2,25)26)18(12)14-8-9-21-17(11-14)27-15-6-7-15/h8-11,15H,3-7H2,1-2H3,(H2,22,23,24). The van der Waals surface area contributed by atoms with Gasteiger partial charge >= 0.3 is 6.03 Å². The van der Waals surface area contributed by atoms with Crippen molar-refractivity contribution >= 4 is 21.7 Å². The summed E-state index contributed by atoms with van der Waals surface area (Å²) in [5.74, 6) is 0.562. The van der Waals surface area contributed by atoms with Crippen molar-refractivity contribution in [2.45, 2.75) is 45.1 Å². The zero-order valence-corrected chi connectivity index (χ0v) is 16.7. The predicted molar refractivity (Wildman–Crippen MR) is 107 cm³/mol. The normalized spacial score (nSPS) is 15.8. The van der Waals surface area contributed by atoms with Gasteiger partial charge < -0.3 is 10.1 Å². The van der Waals surface area contributed by atoms with Crippen LogP contribution in [0.25, 0.3) is 11.1 Å². The van der Waals surface area contributed by atoms with Crippen LogP contribution in [0.4, 0.5) is 10.5 Å². The van der Waals surface area contributed by atoms with Crippen LogP contribution in [-0.2, 0) is 22.9 Å². The second-order valence-electron chi connectivity index (χ2n) is 7.46. The summed E-state index contributed by atoms with van der Waals surface area (Å²) in [6.45, 7) is 2.00. The number of hydrogen-bond donors (Lipinski definition) is 2. The molecule has 28 heavy (non-hydrogen) atoms. The number of nitrogens with zero attached hydrogens (tertiary/aromatic N) is 1. The summed E-state index contributed by atoms with van der Waals surface area (Å²) in [6.07, 6.45) is 7.77. The highest BCUT2D eigenvalue weighted by Crippen LogP contribution is 2.41. The molecular formula is C20H23N3O4S. The van der Waals surface area contributed by atoms with Gasteiger partial charge in [-0.2, -0.15) is 0 Å². The summed E-state index contributed by atoms with van der Waals surface area (Å²) in [7, 11) is -3.65. The average molecular weight is 401 g/mol. The van der Waals surface area contributed by atoms with Gasteiger partial charge in [0.05, 0.1) is 11.9 Å². The van der Waals surface area contributed by atoms with Gasteiger partial charge in [-0.1, -0.05) is 6.07 Å². The lowest BCUT2D eigenvalue weighted by Crippen LogP contribution is -2.34. The number of rotatable bonds is 5. The van der Waals surface area contributed by atoms with Crippen molar-refractivity contribution in [2.75, 3.05) is 11.6 Å². The second-order valence-corrected chi connectivity index (χ2v) is 9.21. The van der Waals surface area contributed by atoms with E-state index in [2.05, 4.69) is 16.4 Å². The zero-order valence-electron chi connectivity index (χ0n) is 15.9. The molecule has 2 amide bonds. The van der Waals surface area contributed by atoms with E-state index >= 15 is 0 Å². The van der Waals surface area contributed by atoms with Gasteiger partial charge in [-0.15, -0.1) is 0 Å².